The summed E-state index contributed by atoms with van der Waals surface area (Å²) in [6, 6.07) is 8.00. The minimum Gasteiger partial charge on any atom is -0.311 e. The number of para-hydroxylation sites is 1. The van der Waals surface area contributed by atoms with Crippen LogP contribution in [0.25, 0.3) is 10.2 Å². The van der Waals surface area contributed by atoms with Gasteiger partial charge in [-0.3, -0.25) is 14.2 Å². The lowest BCUT2D eigenvalue weighted by molar-refractivity contribution is -0.116. The second-order valence-corrected chi connectivity index (χ2v) is 8.92. The van der Waals surface area contributed by atoms with Crippen LogP contribution in [-0.4, -0.2) is 27.8 Å². The normalized spacial score (nSPS) is 13.1. The lowest BCUT2D eigenvalue weighted by Crippen LogP contribution is -2.31. The maximum Gasteiger partial charge on any atom is 0.263 e. The number of anilines is 1. The van der Waals surface area contributed by atoms with Crippen molar-refractivity contribution in [3.8, 4) is 0 Å². The van der Waals surface area contributed by atoms with E-state index in [0.29, 0.717) is 23.6 Å². The number of benzene rings is 1. The molecule has 1 aliphatic heterocycles. The number of hydrogen-bond acceptors (Lipinski definition) is 5. The molecule has 1 amide bonds. The average molecular weight is 412 g/mol. The fourth-order valence-corrected chi connectivity index (χ4v) is 5.47. The predicted molar refractivity (Wildman–Crippen MR) is 117 cm³/mol. The van der Waals surface area contributed by atoms with Crippen LogP contribution in [0.2, 0.25) is 0 Å². The van der Waals surface area contributed by atoms with Crippen LogP contribution in [0.1, 0.15) is 16.0 Å². The molecule has 0 saturated carbocycles. The number of amides is 1. The number of nitrogens with zero attached hydrogens (tertiary/aromatic N) is 3. The molecule has 4 rings (SSSR count). The molecule has 0 N–H and O–H groups in total. The van der Waals surface area contributed by atoms with Crippen molar-refractivity contribution in [2.45, 2.75) is 32.0 Å². The van der Waals surface area contributed by atoms with Gasteiger partial charge in [-0.25, -0.2) is 4.98 Å². The van der Waals surface area contributed by atoms with Crippen molar-refractivity contribution < 1.29 is 4.79 Å². The molecule has 1 aromatic carbocycles. The molecule has 0 atom stereocenters. The van der Waals surface area contributed by atoms with Crippen molar-refractivity contribution in [1.29, 1.82) is 0 Å². The monoisotopic (exact) mass is 411 g/mol. The number of rotatable bonds is 5. The molecule has 0 bridgehead atoms. The van der Waals surface area contributed by atoms with Crippen LogP contribution >= 0.6 is 23.1 Å². The molecule has 5 nitrogen and oxygen atoms in total. The van der Waals surface area contributed by atoms with E-state index in [1.165, 1.54) is 28.7 Å². The summed E-state index contributed by atoms with van der Waals surface area (Å²) in [5.74, 6) is 0.278. The Hall–Kier alpha value is -2.38. The third kappa shape index (κ3) is 3.18. The van der Waals surface area contributed by atoms with Gasteiger partial charge in [0, 0.05) is 23.7 Å². The highest BCUT2D eigenvalue weighted by molar-refractivity contribution is 7.99. The molecule has 144 valence electrons. The molecule has 0 unspecified atom stereocenters. The predicted octanol–water partition coefficient (Wildman–Crippen LogP) is 3.94. The van der Waals surface area contributed by atoms with Crippen LogP contribution in [0, 0.1) is 13.8 Å². The third-order valence-corrected chi connectivity index (χ3v) is 7.14. The maximum atomic E-state index is 13.0. The molecule has 1 aliphatic rings. The fourth-order valence-electron chi connectivity index (χ4n) is 3.51. The van der Waals surface area contributed by atoms with Crippen molar-refractivity contribution in [2.24, 2.45) is 0 Å². The Kier molecular flexibility index (Phi) is 5.12. The number of aryl methyl sites for hydroxylation is 2. The minimum atomic E-state index is -0.0618. The lowest BCUT2D eigenvalue weighted by atomic mass is 10.2. The summed E-state index contributed by atoms with van der Waals surface area (Å²) in [6.45, 7) is 8.79. The van der Waals surface area contributed by atoms with Gasteiger partial charge in [0.1, 0.15) is 4.83 Å². The Morgan fingerprint density at radius 3 is 2.93 bits per heavy atom. The average Bonchev–Trinajstić information content (AvgIpc) is 3.24. The number of fused-ring (bicyclic) bond motifs is 2. The van der Waals surface area contributed by atoms with Crippen LogP contribution in [-0.2, 0) is 17.8 Å². The van der Waals surface area contributed by atoms with Crippen LogP contribution in [0.15, 0.2) is 46.9 Å². The molecule has 3 aromatic rings. The van der Waals surface area contributed by atoms with E-state index in [0.717, 1.165) is 27.4 Å². The summed E-state index contributed by atoms with van der Waals surface area (Å²) in [4.78, 5) is 34.2. The first-order chi connectivity index (χ1) is 13.5. The summed E-state index contributed by atoms with van der Waals surface area (Å²) >= 11 is 2.85. The largest absolute Gasteiger partial charge is 0.311 e. The molecule has 7 heteroatoms. The topological polar surface area (TPSA) is 55.2 Å². The summed E-state index contributed by atoms with van der Waals surface area (Å²) < 4.78 is 1.62. The standard InChI is InChI=1S/C21H21N3O2S2/c1-4-10-24-20(26)18-13(2)14(3)28-19(18)22-21(24)27-12-17(25)23-11-9-15-7-5-6-8-16(15)23/h4-8H,1,9-12H2,2-3H3. The van der Waals surface area contributed by atoms with E-state index in [2.05, 4.69) is 12.6 Å². The molecule has 3 heterocycles. The molecular weight excluding hydrogens is 390 g/mol. The van der Waals surface area contributed by atoms with Gasteiger partial charge >= 0.3 is 0 Å². The summed E-state index contributed by atoms with van der Waals surface area (Å²) in [6.07, 6.45) is 2.57. The number of carbonyl (C=O) groups excluding carboxylic acids is 1. The van der Waals surface area contributed by atoms with Gasteiger partial charge in [0.15, 0.2) is 5.16 Å². The molecule has 0 aliphatic carbocycles. The Morgan fingerprint density at radius 2 is 2.14 bits per heavy atom. The zero-order valence-corrected chi connectivity index (χ0v) is 17.5. The summed E-state index contributed by atoms with van der Waals surface area (Å²) in [5, 5.41) is 1.24. The first-order valence-electron chi connectivity index (χ1n) is 9.13. The van der Waals surface area contributed by atoms with Gasteiger partial charge in [-0.1, -0.05) is 36.0 Å². The van der Waals surface area contributed by atoms with Crippen LogP contribution in [0.3, 0.4) is 0 Å². The molecule has 0 fully saturated rings. The second kappa shape index (κ2) is 7.56. The summed E-state index contributed by atoms with van der Waals surface area (Å²) in [5.41, 5.74) is 3.11. The number of thioether (sulfide) groups is 1. The van der Waals surface area contributed by atoms with E-state index in [1.807, 2.05) is 36.9 Å². The molecule has 0 saturated heterocycles. The third-order valence-electron chi connectivity index (χ3n) is 5.08. The van der Waals surface area contributed by atoms with Crippen LogP contribution < -0.4 is 10.5 Å². The zero-order valence-electron chi connectivity index (χ0n) is 15.9. The van der Waals surface area contributed by atoms with Gasteiger partial charge in [0.2, 0.25) is 5.91 Å². The van der Waals surface area contributed by atoms with Crippen molar-refractivity contribution in [3.05, 3.63) is 63.3 Å². The lowest BCUT2D eigenvalue weighted by Gasteiger charge is -2.17. The van der Waals surface area contributed by atoms with E-state index >= 15 is 0 Å². The zero-order chi connectivity index (χ0) is 19.8. The molecule has 28 heavy (non-hydrogen) atoms. The van der Waals surface area contributed by atoms with E-state index in [1.54, 1.807) is 10.6 Å². The van der Waals surface area contributed by atoms with Crippen molar-refractivity contribution in [1.82, 2.24) is 9.55 Å². The van der Waals surface area contributed by atoms with E-state index in [4.69, 9.17) is 4.98 Å². The van der Waals surface area contributed by atoms with Crippen LogP contribution in [0.5, 0.6) is 0 Å². The Bertz CT molecular complexity index is 1150. The van der Waals surface area contributed by atoms with Crippen molar-refractivity contribution >= 4 is 44.9 Å². The minimum absolute atomic E-state index is 0.0352. The highest BCUT2D eigenvalue weighted by Crippen LogP contribution is 2.30. The van der Waals surface area contributed by atoms with Gasteiger partial charge < -0.3 is 4.90 Å². The van der Waals surface area contributed by atoms with Crippen molar-refractivity contribution in [3.63, 3.8) is 0 Å². The molecule has 0 spiro atoms. The first-order valence-corrected chi connectivity index (χ1v) is 10.9. The molecule has 0 radical (unpaired) electrons. The van der Waals surface area contributed by atoms with Gasteiger partial charge in [-0.2, -0.15) is 0 Å². The van der Waals surface area contributed by atoms with Gasteiger partial charge in [-0.15, -0.1) is 17.9 Å². The highest BCUT2D eigenvalue weighted by atomic mass is 32.2. The van der Waals surface area contributed by atoms with Gasteiger partial charge in [0.05, 0.1) is 11.1 Å². The number of carbonyl (C=O) groups is 1. The highest BCUT2D eigenvalue weighted by Gasteiger charge is 2.25. The van der Waals surface area contributed by atoms with Crippen molar-refractivity contribution in [2.75, 3.05) is 17.2 Å². The molecular formula is C21H21N3O2S2. The Labute approximate surface area is 171 Å². The van der Waals surface area contributed by atoms with E-state index in [9.17, 15) is 9.59 Å². The SMILES string of the molecule is C=CCn1c(SCC(=O)N2CCc3ccccc32)nc2sc(C)c(C)c2c1=O. The van der Waals surface area contributed by atoms with E-state index in [-0.39, 0.29) is 17.2 Å². The maximum absolute atomic E-state index is 13.0. The quantitative estimate of drug-likeness (QED) is 0.362. The van der Waals surface area contributed by atoms with Gasteiger partial charge in [-0.05, 0) is 37.5 Å². The van der Waals surface area contributed by atoms with E-state index < -0.39 is 0 Å². The fraction of sp³-hybridized carbons (Fsp3) is 0.286. The summed E-state index contributed by atoms with van der Waals surface area (Å²) in [7, 11) is 0. The number of aromatic nitrogens is 2. The molecule has 2 aromatic heterocycles. The first kappa shape index (κ1) is 19.0. The van der Waals surface area contributed by atoms with Crippen LogP contribution in [0.4, 0.5) is 5.69 Å². The Balaban J connectivity index is 1.63. The number of hydrogen-bond donors (Lipinski definition) is 0. The number of allylic oxidation sites excluding steroid dienone is 1. The van der Waals surface area contributed by atoms with Gasteiger partial charge in [0.25, 0.3) is 5.56 Å². The second-order valence-electron chi connectivity index (χ2n) is 6.77. The smallest absolute Gasteiger partial charge is 0.263 e. The number of thiophene rings is 1. The Morgan fingerprint density at radius 1 is 1.36 bits per heavy atom.